The van der Waals surface area contributed by atoms with E-state index in [4.69, 9.17) is 18.7 Å². The lowest BCUT2D eigenvalue weighted by Gasteiger charge is -2.20. The second-order valence-electron chi connectivity index (χ2n) is 7.88. The summed E-state index contributed by atoms with van der Waals surface area (Å²) < 4.78 is 52.4. The molecule has 0 unspecified atom stereocenters. The van der Waals surface area contributed by atoms with Crippen LogP contribution >= 0.6 is 0 Å². The minimum absolute atomic E-state index is 0.00708. The summed E-state index contributed by atoms with van der Waals surface area (Å²) in [4.78, 5) is -0.0675. The van der Waals surface area contributed by atoms with E-state index in [2.05, 4.69) is 26.8 Å². The lowest BCUT2D eigenvalue weighted by atomic mass is 10.1. The Morgan fingerprint density at radius 1 is 1.17 bits per heavy atom. The van der Waals surface area contributed by atoms with Crippen molar-refractivity contribution in [3.63, 3.8) is 0 Å². The third kappa shape index (κ3) is 4.66. The van der Waals surface area contributed by atoms with Crippen LogP contribution in [0.2, 0.25) is 0 Å². The number of nitrogens with one attached hydrogen (secondary N) is 1. The summed E-state index contributed by atoms with van der Waals surface area (Å²) in [6.45, 7) is 1.65. The number of hydrogen-bond acceptors (Lipinski definition) is 8. The minimum atomic E-state index is -4.11. The predicted molar refractivity (Wildman–Crippen MR) is 127 cm³/mol. The molecule has 1 fully saturated rings. The van der Waals surface area contributed by atoms with Crippen LogP contribution in [-0.2, 0) is 21.3 Å². The lowest BCUT2D eigenvalue weighted by molar-refractivity contribution is -0.00300. The molecule has 0 radical (unpaired) electrons. The minimum Gasteiger partial charge on any atom is -0.496 e. The maximum atomic E-state index is 13.4. The topological polar surface area (TPSA) is 118 Å². The molecule has 4 aromatic rings. The fourth-order valence-electron chi connectivity index (χ4n) is 3.64. The molecule has 3 heterocycles. The predicted octanol–water partition coefficient (Wildman–Crippen LogP) is 2.89. The SMILES string of the molecule is COc1ccc(C#CC2COC2)cc1S(=O)(=O)Nc1noc2cc(Cn3cccn3)cc(OC)c12. The molecule has 11 heteroatoms. The van der Waals surface area contributed by atoms with Crippen molar-refractivity contribution in [3.8, 4) is 23.3 Å². The first-order chi connectivity index (χ1) is 17.0. The van der Waals surface area contributed by atoms with Crippen LogP contribution in [0.3, 0.4) is 0 Å². The summed E-state index contributed by atoms with van der Waals surface area (Å²) in [7, 11) is -1.21. The molecule has 1 aliphatic heterocycles. The third-order valence-corrected chi connectivity index (χ3v) is 6.82. The molecular weight excluding hydrogens is 472 g/mol. The zero-order chi connectivity index (χ0) is 24.4. The molecule has 1 aliphatic rings. The van der Waals surface area contributed by atoms with Crippen LogP contribution in [-0.4, -0.2) is 50.8 Å². The number of sulfonamides is 1. The van der Waals surface area contributed by atoms with Gasteiger partial charge in [-0.25, -0.2) is 8.42 Å². The van der Waals surface area contributed by atoms with Gasteiger partial charge in [0.15, 0.2) is 11.4 Å². The van der Waals surface area contributed by atoms with Crippen molar-refractivity contribution in [3.05, 3.63) is 59.9 Å². The number of methoxy groups -OCH3 is 2. The fourth-order valence-corrected chi connectivity index (χ4v) is 4.85. The molecule has 35 heavy (non-hydrogen) atoms. The van der Waals surface area contributed by atoms with E-state index < -0.39 is 10.0 Å². The molecule has 180 valence electrons. The van der Waals surface area contributed by atoms with Gasteiger partial charge >= 0.3 is 0 Å². The zero-order valence-corrected chi connectivity index (χ0v) is 19.8. The van der Waals surface area contributed by atoms with E-state index in [1.54, 1.807) is 35.1 Å². The van der Waals surface area contributed by atoms with Gasteiger partial charge in [0, 0.05) is 18.0 Å². The van der Waals surface area contributed by atoms with E-state index in [1.807, 2.05) is 12.3 Å². The van der Waals surface area contributed by atoms with E-state index in [9.17, 15) is 8.42 Å². The van der Waals surface area contributed by atoms with Crippen molar-refractivity contribution in [2.45, 2.75) is 11.4 Å². The van der Waals surface area contributed by atoms with Crippen molar-refractivity contribution in [2.75, 3.05) is 32.2 Å². The van der Waals surface area contributed by atoms with E-state index in [0.29, 0.717) is 42.0 Å². The number of fused-ring (bicyclic) bond motifs is 1. The first-order valence-corrected chi connectivity index (χ1v) is 12.2. The number of ether oxygens (including phenoxy) is 3. The number of hydrogen-bond donors (Lipinski definition) is 1. The summed E-state index contributed by atoms with van der Waals surface area (Å²) >= 11 is 0. The quantitative estimate of drug-likeness (QED) is 0.390. The third-order valence-electron chi connectivity index (χ3n) is 5.46. The highest BCUT2D eigenvalue weighted by Gasteiger charge is 2.25. The second kappa shape index (κ2) is 9.32. The molecule has 1 N–H and O–H groups in total. The highest BCUT2D eigenvalue weighted by Crippen LogP contribution is 2.36. The molecule has 5 rings (SSSR count). The van der Waals surface area contributed by atoms with Gasteiger partial charge in [0.1, 0.15) is 21.8 Å². The fraction of sp³-hybridized carbons (Fsp3) is 0.250. The summed E-state index contributed by atoms with van der Waals surface area (Å²) in [5.41, 5.74) is 1.77. The molecule has 10 nitrogen and oxygen atoms in total. The molecule has 2 aromatic heterocycles. The average molecular weight is 495 g/mol. The van der Waals surface area contributed by atoms with Gasteiger partial charge in [-0.05, 0) is 42.0 Å². The van der Waals surface area contributed by atoms with E-state index in [-0.39, 0.29) is 22.4 Å². The van der Waals surface area contributed by atoms with Gasteiger partial charge in [-0.1, -0.05) is 17.0 Å². The Balaban J connectivity index is 1.48. The van der Waals surface area contributed by atoms with E-state index in [1.165, 1.54) is 20.3 Å². The smallest absolute Gasteiger partial charge is 0.266 e. The summed E-state index contributed by atoms with van der Waals surface area (Å²) in [5, 5.41) is 8.56. The van der Waals surface area contributed by atoms with Crippen molar-refractivity contribution < 1.29 is 27.2 Å². The maximum absolute atomic E-state index is 13.4. The van der Waals surface area contributed by atoms with Crippen LogP contribution in [0.5, 0.6) is 11.5 Å². The number of rotatable bonds is 7. The Kier molecular flexibility index (Phi) is 6.07. The van der Waals surface area contributed by atoms with Crippen molar-refractivity contribution in [2.24, 2.45) is 5.92 Å². The Morgan fingerprint density at radius 2 is 2.00 bits per heavy atom. The molecule has 0 bridgehead atoms. The molecular formula is C24H22N4O6S. The zero-order valence-electron chi connectivity index (χ0n) is 19.0. The Bertz CT molecular complexity index is 1530. The van der Waals surface area contributed by atoms with Gasteiger partial charge in [0.25, 0.3) is 10.0 Å². The van der Waals surface area contributed by atoms with Gasteiger partial charge in [-0.2, -0.15) is 5.10 Å². The van der Waals surface area contributed by atoms with Crippen LogP contribution in [0.15, 0.2) is 58.2 Å². The number of benzene rings is 2. The van der Waals surface area contributed by atoms with Crippen LogP contribution < -0.4 is 14.2 Å². The molecule has 0 spiro atoms. The summed E-state index contributed by atoms with van der Waals surface area (Å²) in [5.74, 6) is 6.83. The van der Waals surface area contributed by atoms with Gasteiger partial charge in [-0.3, -0.25) is 9.40 Å². The molecule has 2 aromatic carbocycles. The first-order valence-electron chi connectivity index (χ1n) is 10.7. The van der Waals surface area contributed by atoms with Crippen molar-refractivity contribution in [1.82, 2.24) is 14.9 Å². The van der Waals surface area contributed by atoms with Gasteiger partial charge in [0.2, 0.25) is 0 Å². The highest BCUT2D eigenvalue weighted by molar-refractivity contribution is 7.92. The Labute approximate surface area is 201 Å². The summed E-state index contributed by atoms with van der Waals surface area (Å²) in [6, 6.07) is 10.1. The monoisotopic (exact) mass is 494 g/mol. The van der Waals surface area contributed by atoms with Gasteiger partial charge in [-0.15, -0.1) is 0 Å². The number of aromatic nitrogens is 3. The Hall–Kier alpha value is -4.01. The van der Waals surface area contributed by atoms with Crippen molar-refractivity contribution >= 4 is 26.8 Å². The Morgan fingerprint density at radius 3 is 2.69 bits per heavy atom. The van der Waals surface area contributed by atoms with Crippen molar-refractivity contribution in [1.29, 1.82) is 0 Å². The second-order valence-corrected chi connectivity index (χ2v) is 9.53. The van der Waals surface area contributed by atoms with E-state index >= 15 is 0 Å². The number of anilines is 1. The average Bonchev–Trinajstić information content (AvgIpc) is 3.47. The normalized spacial score (nSPS) is 13.7. The molecule has 1 saturated heterocycles. The maximum Gasteiger partial charge on any atom is 0.266 e. The van der Waals surface area contributed by atoms with Gasteiger partial charge < -0.3 is 18.7 Å². The highest BCUT2D eigenvalue weighted by atomic mass is 32.2. The van der Waals surface area contributed by atoms with E-state index in [0.717, 1.165) is 5.56 Å². The molecule has 0 amide bonds. The molecule has 0 saturated carbocycles. The largest absolute Gasteiger partial charge is 0.496 e. The molecule has 0 atom stereocenters. The standard InChI is InChI=1S/C24H22N4O6S/c1-31-19-7-6-16(4-5-17-14-33-15-17)12-22(19)35(29,30)27-24-23-20(32-2)10-18(11-21(23)34-26-24)13-28-9-3-8-25-28/h3,6-12,17H,13-15H2,1-2H3,(H,26,27). The van der Waals surface area contributed by atoms with Crippen LogP contribution in [0, 0.1) is 17.8 Å². The van der Waals surface area contributed by atoms with Crippen LogP contribution in [0.25, 0.3) is 11.0 Å². The van der Waals surface area contributed by atoms with Gasteiger partial charge in [0.05, 0.1) is 39.9 Å². The van der Waals surface area contributed by atoms with Crippen LogP contribution in [0.4, 0.5) is 5.82 Å². The molecule has 0 aliphatic carbocycles. The summed E-state index contributed by atoms with van der Waals surface area (Å²) in [6.07, 6.45) is 3.52. The number of nitrogens with zero attached hydrogens (tertiary/aromatic N) is 3. The van der Waals surface area contributed by atoms with Crippen LogP contribution in [0.1, 0.15) is 11.1 Å². The lowest BCUT2D eigenvalue weighted by Crippen LogP contribution is -2.25. The first kappa shape index (κ1) is 22.8.